The highest BCUT2D eigenvalue weighted by Gasteiger charge is 2.32. The molecular formula is C7H10O2S. The lowest BCUT2D eigenvalue weighted by atomic mass is 10.0. The number of carbonyl (C=O) groups excluding carboxylic acids is 1. The first kappa shape index (κ1) is 7.66. The highest BCUT2D eigenvalue weighted by molar-refractivity contribution is 7.81. The van der Waals surface area contributed by atoms with Crippen molar-refractivity contribution in [2.24, 2.45) is 5.92 Å². The van der Waals surface area contributed by atoms with E-state index in [0.29, 0.717) is 6.61 Å². The number of ether oxygens (including phenoxy) is 1. The number of carbonyl (C=O) groups is 1. The normalized spacial score (nSPS) is 31.9. The van der Waals surface area contributed by atoms with Crippen molar-refractivity contribution in [2.75, 3.05) is 6.61 Å². The minimum atomic E-state index is -0.238. The van der Waals surface area contributed by atoms with E-state index in [-0.39, 0.29) is 17.1 Å². The van der Waals surface area contributed by atoms with Gasteiger partial charge >= 0.3 is 5.97 Å². The summed E-state index contributed by atoms with van der Waals surface area (Å²) >= 11 is 4.09. The highest BCUT2D eigenvalue weighted by atomic mass is 32.1. The maximum atomic E-state index is 10.7. The fraction of sp³-hybridized carbons (Fsp3) is 0.571. The van der Waals surface area contributed by atoms with Crippen LogP contribution in [0.1, 0.15) is 6.42 Å². The molecule has 0 bridgehead atoms. The fourth-order valence-corrected chi connectivity index (χ4v) is 1.25. The average molecular weight is 158 g/mol. The predicted molar refractivity (Wildman–Crippen MR) is 42.0 cm³/mol. The minimum absolute atomic E-state index is 0.199. The Morgan fingerprint density at radius 3 is 3.00 bits per heavy atom. The second-order valence-electron chi connectivity index (χ2n) is 2.36. The molecule has 0 saturated carbocycles. The van der Waals surface area contributed by atoms with Crippen LogP contribution in [0.2, 0.25) is 0 Å². The van der Waals surface area contributed by atoms with Gasteiger partial charge in [-0.3, -0.25) is 4.79 Å². The van der Waals surface area contributed by atoms with Crippen LogP contribution in [0.4, 0.5) is 0 Å². The van der Waals surface area contributed by atoms with Crippen LogP contribution in [0, 0.1) is 5.92 Å². The summed E-state index contributed by atoms with van der Waals surface area (Å²) in [7, 11) is 0. The van der Waals surface area contributed by atoms with Crippen molar-refractivity contribution in [2.45, 2.75) is 11.7 Å². The Labute approximate surface area is 65.7 Å². The molecule has 1 fully saturated rings. The quantitative estimate of drug-likeness (QED) is 0.369. The third-order valence-corrected chi connectivity index (χ3v) is 2.23. The van der Waals surface area contributed by atoms with Crippen molar-refractivity contribution in [3.63, 3.8) is 0 Å². The van der Waals surface area contributed by atoms with E-state index in [2.05, 4.69) is 19.2 Å². The number of hydrogen-bond acceptors (Lipinski definition) is 3. The second kappa shape index (κ2) is 3.10. The van der Waals surface area contributed by atoms with Gasteiger partial charge in [-0.15, -0.1) is 6.58 Å². The number of cyclic esters (lactones) is 1. The van der Waals surface area contributed by atoms with Gasteiger partial charge < -0.3 is 4.74 Å². The lowest BCUT2D eigenvalue weighted by molar-refractivity contribution is -0.137. The molecule has 0 spiro atoms. The molecule has 56 valence electrons. The molecule has 1 aliphatic rings. The van der Waals surface area contributed by atoms with Gasteiger partial charge in [0.25, 0.3) is 0 Å². The largest absolute Gasteiger partial charge is 0.464 e. The SMILES string of the molecule is C=CCC1COC(=O)C1S. The van der Waals surface area contributed by atoms with E-state index >= 15 is 0 Å². The lowest BCUT2D eigenvalue weighted by Gasteiger charge is -2.04. The Bertz CT molecular complexity index is 156. The van der Waals surface area contributed by atoms with Crippen LogP contribution >= 0.6 is 12.6 Å². The fourth-order valence-electron chi connectivity index (χ4n) is 0.969. The average Bonchev–Trinajstić information content (AvgIpc) is 2.20. The number of hydrogen-bond donors (Lipinski definition) is 1. The summed E-state index contributed by atoms with van der Waals surface area (Å²) in [5.41, 5.74) is 0. The molecule has 2 atom stereocenters. The van der Waals surface area contributed by atoms with E-state index < -0.39 is 0 Å². The molecule has 2 unspecified atom stereocenters. The zero-order chi connectivity index (χ0) is 7.56. The molecule has 3 heteroatoms. The Kier molecular flexibility index (Phi) is 2.38. The van der Waals surface area contributed by atoms with Crippen molar-refractivity contribution in [1.29, 1.82) is 0 Å². The molecule has 0 aromatic carbocycles. The van der Waals surface area contributed by atoms with Crippen LogP contribution in [0.25, 0.3) is 0 Å². The van der Waals surface area contributed by atoms with Crippen LogP contribution < -0.4 is 0 Å². The van der Waals surface area contributed by atoms with Crippen molar-refractivity contribution in [3.05, 3.63) is 12.7 Å². The minimum Gasteiger partial charge on any atom is -0.464 e. The lowest BCUT2D eigenvalue weighted by Crippen LogP contribution is -2.14. The number of esters is 1. The predicted octanol–water partition coefficient (Wildman–Crippen LogP) is 1.03. The van der Waals surface area contributed by atoms with Gasteiger partial charge in [-0.2, -0.15) is 12.6 Å². The van der Waals surface area contributed by atoms with E-state index in [1.807, 2.05) is 0 Å². The second-order valence-corrected chi connectivity index (χ2v) is 2.92. The van der Waals surface area contributed by atoms with Crippen LogP contribution in [0.3, 0.4) is 0 Å². The number of rotatable bonds is 2. The zero-order valence-corrected chi connectivity index (χ0v) is 6.51. The van der Waals surface area contributed by atoms with Gasteiger partial charge in [0, 0.05) is 5.92 Å². The maximum absolute atomic E-state index is 10.7. The van der Waals surface area contributed by atoms with Gasteiger partial charge in [-0.25, -0.2) is 0 Å². The zero-order valence-electron chi connectivity index (χ0n) is 5.62. The summed E-state index contributed by atoms with van der Waals surface area (Å²) in [6, 6.07) is 0. The van der Waals surface area contributed by atoms with Gasteiger partial charge in [0.2, 0.25) is 0 Å². The van der Waals surface area contributed by atoms with Gasteiger partial charge in [0.15, 0.2) is 0 Å². The van der Waals surface area contributed by atoms with Gasteiger partial charge in [-0.1, -0.05) is 6.08 Å². The number of allylic oxidation sites excluding steroid dienone is 1. The Morgan fingerprint density at radius 1 is 1.90 bits per heavy atom. The Balaban J connectivity index is 2.48. The molecule has 0 radical (unpaired) electrons. The Morgan fingerprint density at radius 2 is 2.60 bits per heavy atom. The first-order chi connectivity index (χ1) is 4.75. The molecule has 0 amide bonds. The molecule has 0 aromatic heterocycles. The van der Waals surface area contributed by atoms with Gasteiger partial charge in [-0.05, 0) is 6.42 Å². The first-order valence-electron chi connectivity index (χ1n) is 3.21. The molecule has 0 N–H and O–H groups in total. The molecule has 1 heterocycles. The van der Waals surface area contributed by atoms with Crippen molar-refractivity contribution >= 4 is 18.6 Å². The summed E-state index contributed by atoms with van der Waals surface area (Å²) < 4.78 is 4.77. The third kappa shape index (κ3) is 1.34. The van der Waals surface area contributed by atoms with Crippen molar-refractivity contribution in [1.82, 2.24) is 0 Å². The van der Waals surface area contributed by atoms with E-state index in [9.17, 15) is 4.79 Å². The van der Waals surface area contributed by atoms with Gasteiger partial charge in [0.05, 0.1) is 6.61 Å². The highest BCUT2D eigenvalue weighted by Crippen LogP contribution is 2.23. The molecule has 0 aliphatic carbocycles. The molecule has 0 aromatic rings. The summed E-state index contributed by atoms with van der Waals surface area (Å²) in [5, 5.41) is -0.238. The summed E-state index contributed by atoms with van der Waals surface area (Å²) in [6.45, 7) is 4.08. The van der Waals surface area contributed by atoms with E-state index in [4.69, 9.17) is 4.74 Å². The third-order valence-electron chi connectivity index (χ3n) is 1.60. The molecule has 2 nitrogen and oxygen atoms in total. The molecular weight excluding hydrogens is 148 g/mol. The molecule has 1 rings (SSSR count). The summed E-state index contributed by atoms with van der Waals surface area (Å²) in [6.07, 6.45) is 2.59. The van der Waals surface area contributed by atoms with Crippen molar-refractivity contribution in [3.8, 4) is 0 Å². The summed E-state index contributed by atoms with van der Waals surface area (Å²) in [4.78, 5) is 10.7. The van der Waals surface area contributed by atoms with Crippen molar-refractivity contribution < 1.29 is 9.53 Å². The van der Waals surface area contributed by atoms with E-state index in [0.717, 1.165) is 6.42 Å². The molecule has 1 saturated heterocycles. The van der Waals surface area contributed by atoms with E-state index in [1.54, 1.807) is 6.08 Å². The molecule has 10 heavy (non-hydrogen) atoms. The Hall–Kier alpha value is -0.440. The maximum Gasteiger partial charge on any atom is 0.319 e. The molecule has 1 aliphatic heterocycles. The monoisotopic (exact) mass is 158 g/mol. The first-order valence-corrected chi connectivity index (χ1v) is 3.73. The van der Waals surface area contributed by atoms with E-state index in [1.165, 1.54) is 0 Å². The van der Waals surface area contributed by atoms with Crippen LogP contribution in [0.5, 0.6) is 0 Å². The van der Waals surface area contributed by atoms with Crippen LogP contribution in [-0.4, -0.2) is 17.8 Å². The van der Waals surface area contributed by atoms with Crippen LogP contribution in [-0.2, 0) is 9.53 Å². The van der Waals surface area contributed by atoms with Crippen LogP contribution in [0.15, 0.2) is 12.7 Å². The number of thiol groups is 1. The smallest absolute Gasteiger partial charge is 0.319 e. The summed E-state index contributed by atoms with van der Waals surface area (Å²) in [5.74, 6) is 0.0310. The standard InChI is InChI=1S/C7H10O2S/c1-2-3-5-4-9-7(8)6(5)10/h2,5-6,10H,1,3-4H2. The van der Waals surface area contributed by atoms with Gasteiger partial charge in [0.1, 0.15) is 5.25 Å². The topological polar surface area (TPSA) is 26.3 Å².